The van der Waals surface area contributed by atoms with Crippen LogP contribution >= 0.6 is 0 Å². The van der Waals surface area contributed by atoms with Crippen LogP contribution in [0, 0.1) is 11.8 Å². The number of benzene rings is 4. The highest BCUT2D eigenvalue weighted by atomic mass is 16.5. The van der Waals surface area contributed by atoms with E-state index in [0.717, 1.165) is 22.3 Å². The van der Waals surface area contributed by atoms with Gasteiger partial charge in [0.1, 0.15) is 13.2 Å². The fourth-order valence-electron chi connectivity index (χ4n) is 5.00. The van der Waals surface area contributed by atoms with E-state index in [4.69, 9.17) is 23.7 Å². The van der Waals surface area contributed by atoms with Crippen molar-refractivity contribution < 1.29 is 28.5 Å². The summed E-state index contributed by atoms with van der Waals surface area (Å²) in [5, 5.41) is 0. The molecule has 5 rings (SSSR count). The van der Waals surface area contributed by atoms with E-state index in [1.807, 2.05) is 97.1 Å². The summed E-state index contributed by atoms with van der Waals surface area (Å²) >= 11 is 0. The van der Waals surface area contributed by atoms with Crippen molar-refractivity contribution in [2.24, 2.45) is 11.8 Å². The molecule has 0 unspecified atom stereocenters. The number of hydrogen-bond donors (Lipinski definition) is 0. The Hall–Kier alpha value is -4.45. The van der Waals surface area contributed by atoms with Crippen LogP contribution in [-0.4, -0.2) is 26.8 Å². The predicted molar refractivity (Wildman–Crippen MR) is 153 cm³/mol. The molecule has 6 nitrogen and oxygen atoms in total. The minimum absolute atomic E-state index is 0.0493. The van der Waals surface area contributed by atoms with Crippen LogP contribution in [0.4, 0.5) is 0 Å². The molecule has 0 saturated carbocycles. The van der Waals surface area contributed by atoms with Crippen LogP contribution in [0.3, 0.4) is 0 Å². The number of esters is 1. The van der Waals surface area contributed by atoms with Gasteiger partial charge in [-0.15, -0.1) is 0 Å². The molecule has 0 spiro atoms. The molecule has 0 bridgehead atoms. The topological polar surface area (TPSA) is 63.2 Å². The molecule has 0 aromatic heterocycles. The standard InChI is InChI=1S/C34H34O6/c1-36-32-19-26(13-15-30(32)38-21-24-9-5-3-6-10-24)17-28-23-40-34(35)29(28)18-27-14-16-31(33(20-27)37-2)39-22-25-11-7-4-8-12-25/h3-16,19-20,28-29H,17-18,21-23H2,1-2H3/t28-,29+/m0/s1. The van der Waals surface area contributed by atoms with Gasteiger partial charge in [0.05, 0.1) is 26.7 Å². The maximum Gasteiger partial charge on any atom is 0.309 e. The number of rotatable bonds is 12. The first-order chi connectivity index (χ1) is 19.6. The number of methoxy groups -OCH3 is 2. The number of hydrogen-bond acceptors (Lipinski definition) is 6. The summed E-state index contributed by atoms with van der Waals surface area (Å²) in [5.74, 6) is 2.31. The van der Waals surface area contributed by atoms with E-state index in [0.29, 0.717) is 55.7 Å². The largest absolute Gasteiger partial charge is 0.493 e. The maximum absolute atomic E-state index is 12.7. The molecule has 0 amide bonds. The number of carbonyl (C=O) groups is 1. The summed E-state index contributed by atoms with van der Waals surface area (Å²) in [6, 6.07) is 31.8. The van der Waals surface area contributed by atoms with E-state index >= 15 is 0 Å². The molecular formula is C34H34O6. The summed E-state index contributed by atoms with van der Waals surface area (Å²) in [4.78, 5) is 12.7. The predicted octanol–water partition coefficient (Wildman–Crippen LogP) is 6.44. The fraction of sp³-hybridized carbons (Fsp3) is 0.265. The number of carbonyl (C=O) groups excluding carboxylic acids is 1. The highest BCUT2D eigenvalue weighted by Gasteiger charge is 2.37. The lowest BCUT2D eigenvalue weighted by atomic mass is 9.85. The number of ether oxygens (including phenoxy) is 5. The number of cyclic esters (lactones) is 1. The van der Waals surface area contributed by atoms with Crippen molar-refractivity contribution >= 4 is 5.97 Å². The van der Waals surface area contributed by atoms with Gasteiger partial charge in [-0.05, 0) is 59.4 Å². The molecule has 0 aliphatic carbocycles. The Morgan fingerprint density at radius 1 is 0.625 bits per heavy atom. The van der Waals surface area contributed by atoms with Crippen molar-refractivity contribution in [3.05, 3.63) is 119 Å². The van der Waals surface area contributed by atoms with Gasteiger partial charge in [-0.3, -0.25) is 4.79 Å². The van der Waals surface area contributed by atoms with E-state index in [1.54, 1.807) is 14.2 Å². The smallest absolute Gasteiger partial charge is 0.309 e. The Morgan fingerprint density at radius 3 is 1.62 bits per heavy atom. The molecule has 0 radical (unpaired) electrons. The van der Waals surface area contributed by atoms with Crippen molar-refractivity contribution in [3.8, 4) is 23.0 Å². The third-order valence-corrected chi connectivity index (χ3v) is 7.20. The van der Waals surface area contributed by atoms with Gasteiger partial charge in [-0.25, -0.2) is 0 Å². The first kappa shape index (κ1) is 27.1. The third-order valence-electron chi connectivity index (χ3n) is 7.20. The third kappa shape index (κ3) is 6.75. The Morgan fingerprint density at radius 2 is 1.12 bits per heavy atom. The van der Waals surface area contributed by atoms with Gasteiger partial charge < -0.3 is 23.7 Å². The molecular weight excluding hydrogens is 504 g/mol. The molecule has 1 aliphatic heterocycles. The minimum atomic E-state index is -0.249. The second-order valence-corrected chi connectivity index (χ2v) is 9.92. The van der Waals surface area contributed by atoms with Crippen LogP contribution in [-0.2, 0) is 35.6 Å². The summed E-state index contributed by atoms with van der Waals surface area (Å²) in [7, 11) is 3.27. The van der Waals surface area contributed by atoms with Gasteiger partial charge in [-0.2, -0.15) is 0 Å². The van der Waals surface area contributed by atoms with Crippen LogP contribution < -0.4 is 18.9 Å². The van der Waals surface area contributed by atoms with Crippen molar-refractivity contribution in [3.63, 3.8) is 0 Å². The summed E-state index contributed by atoms with van der Waals surface area (Å²) in [6.07, 6.45) is 1.26. The Bertz CT molecular complexity index is 1400. The lowest BCUT2D eigenvalue weighted by Crippen LogP contribution is -2.20. The molecule has 4 aromatic carbocycles. The average Bonchev–Trinajstić information content (AvgIpc) is 3.34. The molecule has 206 valence electrons. The normalized spacial score (nSPS) is 16.3. The first-order valence-corrected chi connectivity index (χ1v) is 13.5. The van der Waals surface area contributed by atoms with E-state index in [2.05, 4.69) is 0 Å². The van der Waals surface area contributed by atoms with Crippen molar-refractivity contribution in [1.29, 1.82) is 0 Å². The van der Waals surface area contributed by atoms with Crippen LogP contribution in [0.5, 0.6) is 23.0 Å². The fourth-order valence-corrected chi connectivity index (χ4v) is 5.00. The molecule has 2 atom stereocenters. The van der Waals surface area contributed by atoms with Gasteiger partial charge in [0.15, 0.2) is 23.0 Å². The van der Waals surface area contributed by atoms with E-state index in [-0.39, 0.29) is 17.8 Å². The molecule has 0 N–H and O–H groups in total. The summed E-state index contributed by atoms with van der Waals surface area (Å²) < 4.78 is 28.7. The van der Waals surface area contributed by atoms with Gasteiger partial charge in [-0.1, -0.05) is 72.8 Å². The highest BCUT2D eigenvalue weighted by Crippen LogP contribution is 2.35. The highest BCUT2D eigenvalue weighted by molar-refractivity contribution is 5.75. The summed E-state index contributed by atoms with van der Waals surface area (Å²) in [6.45, 7) is 1.31. The van der Waals surface area contributed by atoms with Crippen molar-refractivity contribution in [1.82, 2.24) is 0 Å². The average molecular weight is 539 g/mol. The second-order valence-electron chi connectivity index (χ2n) is 9.92. The molecule has 1 fully saturated rings. The Kier molecular flexibility index (Phi) is 8.86. The minimum Gasteiger partial charge on any atom is -0.493 e. The van der Waals surface area contributed by atoms with Crippen LogP contribution in [0.1, 0.15) is 22.3 Å². The molecule has 1 heterocycles. The zero-order valence-corrected chi connectivity index (χ0v) is 22.9. The van der Waals surface area contributed by atoms with Gasteiger partial charge in [0, 0.05) is 5.92 Å². The van der Waals surface area contributed by atoms with Crippen molar-refractivity contribution in [2.45, 2.75) is 26.1 Å². The van der Waals surface area contributed by atoms with Crippen LogP contribution in [0.25, 0.3) is 0 Å². The molecule has 1 aliphatic rings. The monoisotopic (exact) mass is 538 g/mol. The molecule has 40 heavy (non-hydrogen) atoms. The van der Waals surface area contributed by atoms with Crippen LogP contribution in [0.15, 0.2) is 97.1 Å². The summed E-state index contributed by atoms with van der Waals surface area (Å²) in [5.41, 5.74) is 4.24. The molecule has 6 heteroatoms. The van der Waals surface area contributed by atoms with Crippen LogP contribution in [0.2, 0.25) is 0 Å². The zero-order chi connectivity index (χ0) is 27.7. The van der Waals surface area contributed by atoms with E-state index in [1.165, 1.54) is 0 Å². The Balaban J connectivity index is 1.23. The van der Waals surface area contributed by atoms with Gasteiger partial charge in [0.25, 0.3) is 0 Å². The Labute approximate surface area is 235 Å². The first-order valence-electron chi connectivity index (χ1n) is 13.5. The second kappa shape index (κ2) is 13.1. The zero-order valence-electron chi connectivity index (χ0n) is 22.9. The van der Waals surface area contributed by atoms with E-state index < -0.39 is 0 Å². The lowest BCUT2D eigenvalue weighted by Gasteiger charge is -2.18. The van der Waals surface area contributed by atoms with Gasteiger partial charge in [0.2, 0.25) is 0 Å². The van der Waals surface area contributed by atoms with E-state index in [9.17, 15) is 4.79 Å². The van der Waals surface area contributed by atoms with Gasteiger partial charge >= 0.3 is 5.97 Å². The lowest BCUT2D eigenvalue weighted by molar-refractivity contribution is -0.141. The maximum atomic E-state index is 12.7. The molecule has 1 saturated heterocycles. The quantitative estimate of drug-likeness (QED) is 0.194. The SMILES string of the molecule is COc1cc(C[C@H]2COC(=O)[C@@H]2Cc2ccc(OCc3ccccc3)c(OC)c2)ccc1OCc1ccccc1. The molecule has 4 aromatic rings. The van der Waals surface area contributed by atoms with Crippen molar-refractivity contribution in [2.75, 3.05) is 20.8 Å².